The second-order valence-corrected chi connectivity index (χ2v) is 9.01. The molecule has 0 saturated carbocycles. The largest absolute Gasteiger partial charge is 0.218 e. The lowest BCUT2D eigenvalue weighted by molar-refractivity contribution is -0.362. The highest BCUT2D eigenvalue weighted by atomic mass is 14.7. The number of H-pyrrole nitrogens is 1. The minimum Gasteiger partial charge on any atom is -0.211 e. The minimum atomic E-state index is 0.132. The molecule has 1 heteroatoms. The van der Waals surface area contributed by atoms with Gasteiger partial charge >= 0.3 is 0 Å². The molecule has 5 aromatic rings. The zero-order valence-corrected chi connectivity index (χ0v) is 17.7. The predicted molar refractivity (Wildman–Crippen MR) is 128 cm³/mol. The maximum atomic E-state index is 3.50. The number of hydrogen-bond acceptors (Lipinski definition) is 0. The van der Waals surface area contributed by atoms with Crippen LogP contribution < -0.4 is 4.98 Å². The third kappa shape index (κ3) is 3.27. The van der Waals surface area contributed by atoms with Crippen LogP contribution in [-0.2, 0) is 5.41 Å². The van der Waals surface area contributed by atoms with Crippen molar-refractivity contribution in [3.63, 3.8) is 0 Å². The van der Waals surface area contributed by atoms with Gasteiger partial charge in [-0.15, -0.1) is 0 Å². The summed E-state index contributed by atoms with van der Waals surface area (Å²) in [5.41, 5.74) is 6.34. The number of benzene rings is 4. The third-order valence-corrected chi connectivity index (χ3v) is 5.96. The van der Waals surface area contributed by atoms with Gasteiger partial charge in [0.15, 0.2) is 6.20 Å². The van der Waals surface area contributed by atoms with Crippen molar-refractivity contribution in [1.82, 2.24) is 0 Å². The molecule has 0 aliphatic carbocycles. The second kappa shape index (κ2) is 7.11. The van der Waals surface area contributed by atoms with Crippen LogP contribution in [0.3, 0.4) is 0 Å². The van der Waals surface area contributed by atoms with E-state index >= 15 is 0 Å². The molecule has 4 aromatic carbocycles. The van der Waals surface area contributed by atoms with E-state index in [1.165, 1.54) is 43.8 Å². The Morgan fingerprint density at radius 1 is 0.567 bits per heavy atom. The molecule has 0 unspecified atom stereocenters. The number of nitrogens with one attached hydrogen (secondary N) is 1. The molecule has 0 aliphatic rings. The van der Waals surface area contributed by atoms with Gasteiger partial charge in [0.25, 0.3) is 0 Å². The van der Waals surface area contributed by atoms with Crippen molar-refractivity contribution in [1.29, 1.82) is 0 Å². The lowest BCUT2D eigenvalue weighted by Crippen LogP contribution is -2.10. The van der Waals surface area contributed by atoms with E-state index in [1.807, 2.05) is 0 Å². The fourth-order valence-corrected chi connectivity index (χ4v) is 4.19. The molecule has 0 amide bonds. The maximum Gasteiger partial charge on any atom is 0.218 e. The lowest BCUT2D eigenvalue weighted by atomic mass is 9.85. The molecule has 30 heavy (non-hydrogen) atoms. The van der Waals surface area contributed by atoms with E-state index < -0.39 is 0 Å². The number of hydrogen-bond donors (Lipinski definition) is 0. The van der Waals surface area contributed by atoms with E-state index in [4.69, 9.17) is 0 Å². The van der Waals surface area contributed by atoms with E-state index in [0.717, 1.165) is 5.69 Å². The van der Waals surface area contributed by atoms with Crippen molar-refractivity contribution < 1.29 is 4.98 Å². The quantitative estimate of drug-likeness (QED) is 0.279. The SMILES string of the molecule is CC(C)(C)c1ccc2ccc3c(-c4ccc(-c5ccccc5)cc4)[nH+]ccc3c2c1. The van der Waals surface area contributed by atoms with Crippen LogP contribution in [0.25, 0.3) is 43.9 Å². The molecule has 0 saturated heterocycles. The second-order valence-electron chi connectivity index (χ2n) is 9.01. The van der Waals surface area contributed by atoms with Crippen LogP contribution in [0.2, 0.25) is 0 Å². The number of aromatic amines is 1. The maximum absolute atomic E-state index is 3.50. The Labute approximate surface area is 178 Å². The van der Waals surface area contributed by atoms with Gasteiger partial charge < -0.3 is 0 Å². The molecular weight excluding hydrogens is 362 g/mol. The van der Waals surface area contributed by atoms with E-state index in [-0.39, 0.29) is 5.41 Å². The molecule has 0 radical (unpaired) electrons. The standard InChI is InChI=1S/C29H25N/c1-29(2,3)24-15-13-22-14-16-26-25(27(22)19-24)17-18-30-28(26)23-11-9-21(10-12-23)20-7-5-4-6-8-20/h4-19H,1-3H3/p+1. The molecule has 1 nitrogen and oxygen atoms in total. The summed E-state index contributed by atoms with van der Waals surface area (Å²) in [5.74, 6) is 0. The summed E-state index contributed by atoms with van der Waals surface area (Å²) in [6.07, 6.45) is 2.06. The molecule has 0 atom stereocenters. The molecular formula is C29H26N+. The van der Waals surface area contributed by atoms with Gasteiger partial charge in [-0.2, -0.15) is 0 Å². The first kappa shape index (κ1) is 18.6. The van der Waals surface area contributed by atoms with Gasteiger partial charge in [0.1, 0.15) is 0 Å². The fraction of sp³-hybridized carbons (Fsp3) is 0.138. The van der Waals surface area contributed by atoms with Crippen molar-refractivity contribution in [2.45, 2.75) is 26.2 Å². The number of pyridine rings is 1. The van der Waals surface area contributed by atoms with Crippen molar-refractivity contribution >= 4 is 21.5 Å². The minimum absolute atomic E-state index is 0.132. The molecule has 146 valence electrons. The van der Waals surface area contributed by atoms with Gasteiger partial charge in [-0.3, -0.25) is 0 Å². The fourth-order valence-electron chi connectivity index (χ4n) is 4.19. The Morgan fingerprint density at radius 3 is 1.97 bits per heavy atom. The van der Waals surface area contributed by atoms with Gasteiger partial charge in [0.05, 0.1) is 5.39 Å². The number of fused-ring (bicyclic) bond motifs is 3. The van der Waals surface area contributed by atoms with Gasteiger partial charge in [-0.1, -0.05) is 81.4 Å². The van der Waals surface area contributed by atoms with E-state index in [0.29, 0.717) is 0 Å². The summed E-state index contributed by atoms with van der Waals surface area (Å²) >= 11 is 0. The van der Waals surface area contributed by atoms with Crippen molar-refractivity contribution in [3.8, 4) is 22.4 Å². The first-order valence-corrected chi connectivity index (χ1v) is 10.5. The lowest BCUT2D eigenvalue weighted by Gasteiger charge is -2.19. The molecule has 1 heterocycles. The highest BCUT2D eigenvalue weighted by molar-refractivity contribution is 6.10. The summed E-state index contributed by atoms with van der Waals surface area (Å²) < 4.78 is 0. The highest BCUT2D eigenvalue weighted by Crippen LogP contribution is 2.33. The molecule has 0 spiro atoms. The molecule has 0 fully saturated rings. The summed E-state index contributed by atoms with van der Waals surface area (Å²) in [7, 11) is 0. The van der Waals surface area contributed by atoms with Gasteiger partial charge in [-0.05, 0) is 57.1 Å². The van der Waals surface area contributed by atoms with Crippen LogP contribution in [-0.4, -0.2) is 0 Å². The third-order valence-electron chi connectivity index (χ3n) is 5.96. The van der Waals surface area contributed by atoms with Crippen molar-refractivity contribution in [2.24, 2.45) is 0 Å². The van der Waals surface area contributed by atoms with Crippen molar-refractivity contribution in [3.05, 3.63) is 103 Å². The van der Waals surface area contributed by atoms with E-state index in [2.05, 4.69) is 123 Å². The zero-order valence-electron chi connectivity index (χ0n) is 17.7. The first-order chi connectivity index (χ1) is 14.5. The van der Waals surface area contributed by atoms with Crippen LogP contribution in [0, 0.1) is 0 Å². The topological polar surface area (TPSA) is 14.1 Å². The summed E-state index contributed by atoms with van der Waals surface area (Å²) in [6, 6.07) is 32.9. The monoisotopic (exact) mass is 388 g/mol. The van der Waals surface area contributed by atoms with Crippen LogP contribution in [0.15, 0.2) is 97.2 Å². The van der Waals surface area contributed by atoms with Crippen molar-refractivity contribution in [2.75, 3.05) is 0 Å². The average Bonchev–Trinajstić information content (AvgIpc) is 2.78. The average molecular weight is 389 g/mol. The Hall–Kier alpha value is -3.45. The van der Waals surface area contributed by atoms with Crippen LogP contribution >= 0.6 is 0 Å². The Balaban J connectivity index is 1.66. The Morgan fingerprint density at radius 2 is 1.23 bits per heavy atom. The number of aromatic nitrogens is 1. The van der Waals surface area contributed by atoms with Gasteiger partial charge in [0.2, 0.25) is 5.69 Å². The predicted octanol–water partition coefficient (Wildman–Crippen LogP) is 7.44. The highest BCUT2D eigenvalue weighted by Gasteiger charge is 2.17. The van der Waals surface area contributed by atoms with Crippen LogP contribution in [0.4, 0.5) is 0 Å². The molecule has 1 N–H and O–H groups in total. The summed E-state index contributed by atoms with van der Waals surface area (Å²) in [4.78, 5) is 3.50. The van der Waals surface area contributed by atoms with Gasteiger partial charge in [0, 0.05) is 17.0 Å². The normalized spacial score (nSPS) is 11.8. The molecule has 0 aliphatic heterocycles. The summed E-state index contributed by atoms with van der Waals surface area (Å²) in [6.45, 7) is 6.81. The molecule has 5 rings (SSSR count). The smallest absolute Gasteiger partial charge is 0.211 e. The zero-order chi connectivity index (χ0) is 20.7. The van der Waals surface area contributed by atoms with E-state index in [1.54, 1.807) is 0 Å². The van der Waals surface area contributed by atoms with E-state index in [9.17, 15) is 0 Å². The molecule has 1 aromatic heterocycles. The molecule has 0 bridgehead atoms. The Kier molecular flexibility index (Phi) is 4.40. The van der Waals surface area contributed by atoms with Crippen LogP contribution in [0.1, 0.15) is 26.3 Å². The first-order valence-electron chi connectivity index (χ1n) is 10.5. The van der Waals surface area contributed by atoms with Gasteiger partial charge in [-0.25, -0.2) is 4.98 Å². The summed E-state index contributed by atoms with van der Waals surface area (Å²) in [5, 5.41) is 5.14. The number of rotatable bonds is 2. The van der Waals surface area contributed by atoms with Crippen LogP contribution in [0.5, 0.6) is 0 Å². The Bertz CT molecular complexity index is 1340.